The number of oxime groups is 1. The molecule has 1 rings (SSSR count). The molecule has 19 heavy (non-hydrogen) atoms. The van der Waals surface area contributed by atoms with E-state index in [1.165, 1.54) is 11.3 Å². The van der Waals surface area contributed by atoms with Gasteiger partial charge in [0.2, 0.25) is 5.91 Å². The SMILES string of the molecule is CCC(CC)(C(=O)NCc1ncc(C)s1)/C(N)=N/O. The summed E-state index contributed by atoms with van der Waals surface area (Å²) in [4.78, 5) is 17.6. The Balaban J connectivity index is 2.78. The molecule has 1 aromatic rings. The molecule has 0 saturated heterocycles. The van der Waals surface area contributed by atoms with E-state index in [4.69, 9.17) is 10.9 Å². The zero-order chi connectivity index (χ0) is 14.5. The third kappa shape index (κ3) is 3.23. The molecule has 7 heteroatoms. The molecule has 0 radical (unpaired) electrons. The van der Waals surface area contributed by atoms with Crippen molar-refractivity contribution in [3.05, 3.63) is 16.1 Å². The Labute approximate surface area is 116 Å². The monoisotopic (exact) mass is 284 g/mol. The molecule has 1 heterocycles. The predicted octanol–water partition coefficient (Wildman–Crippen LogP) is 1.62. The van der Waals surface area contributed by atoms with Crippen molar-refractivity contribution in [1.29, 1.82) is 0 Å². The molecule has 6 nitrogen and oxygen atoms in total. The Morgan fingerprint density at radius 3 is 2.63 bits per heavy atom. The molecule has 0 aliphatic carbocycles. The van der Waals surface area contributed by atoms with Gasteiger partial charge in [-0.3, -0.25) is 4.79 Å². The zero-order valence-corrected chi connectivity index (χ0v) is 12.3. The first kappa shape index (κ1) is 15.4. The molecular formula is C12H20N4O2S. The summed E-state index contributed by atoms with van der Waals surface area (Å²) in [6, 6.07) is 0. The average molecular weight is 284 g/mol. The van der Waals surface area contributed by atoms with Gasteiger partial charge in [0.05, 0.1) is 6.54 Å². The molecule has 0 spiro atoms. The van der Waals surface area contributed by atoms with Crippen LogP contribution in [0.4, 0.5) is 0 Å². The van der Waals surface area contributed by atoms with E-state index in [9.17, 15) is 4.79 Å². The molecule has 0 atom stereocenters. The second kappa shape index (κ2) is 6.51. The van der Waals surface area contributed by atoms with Crippen molar-refractivity contribution in [2.24, 2.45) is 16.3 Å². The molecule has 1 amide bonds. The number of aryl methyl sites for hydroxylation is 1. The van der Waals surface area contributed by atoms with Crippen LogP contribution in [0.1, 0.15) is 36.6 Å². The topological polar surface area (TPSA) is 101 Å². The molecular weight excluding hydrogens is 264 g/mol. The lowest BCUT2D eigenvalue weighted by Crippen LogP contribution is -2.49. The summed E-state index contributed by atoms with van der Waals surface area (Å²) in [5.74, 6) is -0.286. The Hall–Kier alpha value is -1.63. The molecule has 0 aliphatic rings. The smallest absolute Gasteiger partial charge is 0.234 e. The molecule has 0 bridgehead atoms. The van der Waals surface area contributed by atoms with Gasteiger partial charge in [0.15, 0.2) is 5.84 Å². The lowest BCUT2D eigenvalue weighted by molar-refractivity contribution is -0.128. The van der Waals surface area contributed by atoms with Crippen LogP contribution in [0, 0.1) is 12.3 Å². The number of carbonyl (C=O) groups excluding carboxylic acids is 1. The van der Waals surface area contributed by atoms with Crippen molar-refractivity contribution >= 4 is 23.1 Å². The van der Waals surface area contributed by atoms with Crippen LogP contribution >= 0.6 is 11.3 Å². The number of hydrogen-bond acceptors (Lipinski definition) is 5. The number of nitrogens with two attached hydrogens (primary N) is 1. The average Bonchev–Trinajstić information content (AvgIpc) is 2.83. The van der Waals surface area contributed by atoms with Crippen LogP contribution in [0.5, 0.6) is 0 Å². The Morgan fingerprint density at radius 2 is 2.21 bits per heavy atom. The van der Waals surface area contributed by atoms with Crippen LogP contribution < -0.4 is 11.1 Å². The third-order valence-corrected chi connectivity index (χ3v) is 4.22. The summed E-state index contributed by atoms with van der Waals surface area (Å²) in [6.07, 6.45) is 2.72. The van der Waals surface area contributed by atoms with Crippen LogP contribution in [-0.4, -0.2) is 21.9 Å². The van der Waals surface area contributed by atoms with Crippen molar-refractivity contribution in [2.45, 2.75) is 40.2 Å². The van der Waals surface area contributed by atoms with Gasteiger partial charge in [-0.1, -0.05) is 19.0 Å². The fourth-order valence-corrected chi connectivity index (χ4v) is 2.68. The van der Waals surface area contributed by atoms with Crippen LogP contribution in [0.2, 0.25) is 0 Å². The van der Waals surface area contributed by atoms with Crippen LogP contribution in [0.25, 0.3) is 0 Å². The maximum atomic E-state index is 12.3. The van der Waals surface area contributed by atoms with E-state index in [-0.39, 0.29) is 11.7 Å². The summed E-state index contributed by atoms with van der Waals surface area (Å²) < 4.78 is 0. The van der Waals surface area contributed by atoms with E-state index in [1.54, 1.807) is 6.20 Å². The van der Waals surface area contributed by atoms with Gasteiger partial charge in [0.1, 0.15) is 10.4 Å². The van der Waals surface area contributed by atoms with Crippen molar-refractivity contribution in [2.75, 3.05) is 0 Å². The summed E-state index contributed by atoms with van der Waals surface area (Å²) in [6.45, 7) is 6.00. The summed E-state index contributed by atoms with van der Waals surface area (Å²) in [7, 11) is 0. The number of nitrogens with zero attached hydrogens (tertiary/aromatic N) is 2. The highest BCUT2D eigenvalue weighted by Gasteiger charge is 2.39. The highest BCUT2D eigenvalue weighted by Crippen LogP contribution is 2.27. The number of amides is 1. The van der Waals surface area contributed by atoms with Gasteiger partial charge in [0, 0.05) is 11.1 Å². The first-order valence-electron chi connectivity index (χ1n) is 6.17. The molecule has 0 saturated carbocycles. The predicted molar refractivity (Wildman–Crippen MR) is 75.1 cm³/mol. The second-order valence-corrected chi connectivity index (χ2v) is 5.64. The molecule has 0 unspecified atom stereocenters. The lowest BCUT2D eigenvalue weighted by Gasteiger charge is -2.28. The lowest BCUT2D eigenvalue weighted by atomic mass is 9.80. The van der Waals surface area contributed by atoms with Gasteiger partial charge in [-0.2, -0.15) is 0 Å². The standard InChI is InChI=1S/C12H20N4O2S/c1-4-12(5-2,10(13)16-18)11(17)15-7-9-14-6-8(3)19-9/h6,18H,4-5,7H2,1-3H3,(H2,13,16)(H,15,17). The minimum atomic E-state index is -0.957. The second-order valence-electron chi connectivity index (χ2n) is 4.32. The number of thiazole rings is 1. The normalized spacial score (nSPS) is 12.5. The summed E-state index contributed by atoms with van der Waals surface area (Å²) in [5.41, 5.74) is 4.72. The number of carbonyl (C=O) groups is 1. The number of aromatic nitrogens is 1. The Morgan fingerprint density at radius 1 is 1.58 bits per heavy atom. The minimum absolute atomic E-state index is 0.0506. The maximum absolute atomic E-state index is 12.3. The van der Waals surface area contributed by atoms with Gasteiger partial charge in [-0.05, 0) is 19.8 Å². The molecule has 1 aromatic heterocycles. The first-order valence-corrected chi connectivity index (χ1v) is 6.99. The molecule has 0 fully saturated rings. The van der Waals surface area contributed by atoms with E-state index in [0.29, 0.717) is 19.4 Å². The first-order chi connectivity index (χ1) is 9.00. The molecule has 106 valence electrons. The summed E-state index contributed by atoms with van der Waals surface area (Å²) >= 11 is 1.53. The number of rotatable bonds is 6. The van der Waals surface area contributed by atoms with E-state index >= 15 is 0 Å². The van der Waals surface area contributed by atoms with E-state index in [0.717, 1.165) is 9.88 Å². The maximum Gasteiger partial charge on any atom is 0.234 e. The zero-order valence-electron chi connectivity index (χ0n) is 11.4. The van der Waals surface area contributed by atoms with Gasteiger partial charge in [-0.25, -0.2) is 4.98 Å². The van der Waals surface area contributed by atoms with Crippen molar-refractivity contribution in [3.63, 3.8) is 0 Å². The van der Waals surface area contributed by atoms with Crippen molar-refractivity contribution in [3.8, 4) is 0 Å². The van der Waals surface area contributed by atoms with Gasteiger partial charge < -0.3 is 16.3 Å². The number of amidine groups is 1. The fourth-order valence-electron chi connectivity index (χ4n) is 1.95. The minimum Gasteiger partial charge on any atom is -0.409 e. The van der Waals surface area contributed by atoms with Crippen LogP contribution in [0.15, 0.2) is 11.4 Å². The van der Waals surface area contributed by atoms with Gasteiger partial charge in [-0.15, -0.1) is 11.3 Å². The molecule has 4 N–H and O–H groups in total. The molecule has 0 aliphatic heterocycles. The fraction of sp³-hybridized carbons (Fsp3) is 0.583. The van der Waals surface area contributed by atoms with Gasteiger partial charge >= 0.3 is 0 Å². The van der Waals surface area contributed by atoms with Crippen LogP contribution in [-0.2, 0) is 11.3 Å². The van der Waals surface area contributed by atoms with E-state index in [2.05, 4.69) is 15.5 Å². The van der Waals surface area contributed by atoms with Crippen molar-refractivity contribution in [1.82, 2.24) is 10.3 Å². The van der Waals surface area contributed by atoms with Crippen molar-refractivity contribution < 1.29 is 10.0 Å². The van der Waals surface area contributed by atoms with Crippen LogP contribution in [0.3, 0.4) is 0 Å². The quantitative estimate of drug-likeness (QED) is 0.320. The van der Waals surface area contributed by atoms with E-state index < -0.39 is 5.41 Å². The third-order valence-electron chi connectivity index (χ3n) is 3.31. The Kier molecular flexibility index (Phi) is 5.29. The number of hydrogen-bond donors (Lipinski definition) is 3. The Bertz CT molecular complexity index is 466. The largest absolute Gasteiger partial charge is 0.409 e. The van der Waals surface area contributed by atoms with E-state index in [1.807, 2.05) is 20.8 Å². The highest BCUT2D eigenvalue weighted by molar-refractivity contribution is 7.11. The van der Waals surface area contributed by atoms with Gasteiger partial charge in [0.25, 0.3) is 0 Å². The molecule has 0 aromatic carbocycles. The summed E-state index contributed by atoms with van der Waals surface area (Å²) in [5, 5.41) is 15.5. The number of nitrogens with one attached hydrogen (secondary N) is 1. The highest BCUT2D eigenvalue weighted by atomic mass is 32.1.